The van der Waals surface area contributed by atoms with Crippen molar-refractivity contribution in [1.29, 1.82) is 0 Å². The van der Waals surface area contributed by atoms with Crippen LogP contribution in [0.25, 0.3) is 10.8 Å². The predicted molar refractivity (Wildman–Crippen MR) is 81.3 cm³/mol. The van der Waals surface area contributed by atoms with Gasteiger partial charge in [0.15, 0.2) is 0 Å². The zero-order valence-electron chi connectivity index (χ0n) is 13.1. The summed E-state index contributed by atoms with van der Waals surface area (Å²) < 4.78 is 28.4. The standard InChI is InChI=1S/C18H22F2/c1-17(2,3)12-10-14(20)15-11(8-7-9-13(15)19)16(12)18(4,5)6/h7-10H,1-6H3. The Morgan fingerprint density at radius 2 is 1.40 bits per heavy atom. The fourth-order valence-electron chi connectivity index (χ4n) is 2.79. The molecular weight excluding hydrogens is 254 g/mol. The maximum absolute atomic E-state index is 14.4. The number of fused-ring (bicyclic) bond motifs is 1. The molecule has 0 saturated heterocycles. The van der Waals surface area contributed by atoms with Crippen LogP contribution in [0.1, 0.15) is 52.7 Å². The number of halogens is 2. The van der Waals surface area contributed by atoms with Gasteiger partial charge in [-0.1, -0.05) is 53.7 Å². The molecule has 0 amide bonds. The van der Waals surface area contributed by atoms with Crippen molar-refractivity contribution in [3.05, 3.63) is 47.0 Å². The maximum Gasteiger partial charge on any atom is 0.134 e. The summed E-state index contributed by atoms with van der Waals surface area (Å²) in [6.07, 6.45) is 0. The third-order valence-electron chi connectivity index (χ3n) is 3.62. The lowest BCUT2D eigenvalue weighted by atomic mass is 9.73. The van der Waals surface area contributed by atoms with E-state index in [2.05, 4.69) is 41.5 Å². The van der Waals surface area contributed by atoms with Gasteiger partial charge >= 0.3 is 0 Å². The minimum absolute atomic E-state index is 0.102. The molecule has 0 spiro atoms. The van der Waals surface area contributed by atoms with Gasteiger partial charge < -0.3 is 0 Å². The van der Waals surface area contributed by atoms with Crippen molar-refractivity contribution in [2.45, 2.75) is 52.4 Å². The highest BCUT2D eigenvalue weighted by molar-refractivity contribution is 5.89. The highest BCUT2D eigenvalue weighted by Gasteiger charge is 2.29. The van der Waals surface area contributed by atoms with Crippen LogP contribution in [-0.4, -0.2) is 0 Å². The van der Waals surface area contributed by atoms with Crippen LogP contribution in [0.3, 0.4) is 0 Å². The van der Waals surface area contributed by atoms with E-state index < -0.39 is 11.6 Å². The van der Waals surface area contributed by atoms with Gasteiger partial charge in [-0.05, 0) is 39.5 Å². The first kappa shape index (κ1) is 15.0. The molecule has 0 heterocycles. The normalized spacial score (nSPS) is 13.0. The van der Waals surface area contributed by atoms with Gasteiger partial charge in [-0.3, -0.25) is 0 Å². The summed E-state index contributed by atoms with van der Waals surface area (Å²) in [6, 6.07) is 6.29. The second-order valence-corrected chi connectivity index (χ2v) is 7.44. The van der Waals surface area contributed by atoms with Crippen molar-refractivity contribution in [2.75, 3.05) is 0 Å². The van der Waals surface area contributed by atoms with Gasteiger partial charge in [0, 0.05) is 0 Å². The summed E-state index contributed by atoms with van der Waals surface area (Å²) in [5.41, 5.74) is 1.60. The van der Waals surface area contributed by atoms with Gasteiger partial charge in [0.2, 0.25) is 0 Å². The molecule has 0 unspecified atom stereocenters. The van der Waals surface area contributed by atoms with E-state index in [1.807, 2.05) is 6.07 Å². The number of benzene rings is 2. The fraction of sp³-hybridized carbons (Fsp3) is 0.444. The van der Waals surface area contributed by atoms with Gasteiger partial charge in [-0.2, -0.15) is 0 Å². The molecule has 0 aromatic heterocycles. The highest BCUT2D eigenvalue weighted by atomic mass is 19.1. The van der Waals surface area contributed by atoms with E-state index in [0.29, 0.717) is 5.39 Å². The third-order valence-corrected chi connectivity index (χ3v) is 3.62. The Bertz CT molecular complexity index is 656. The van der Waals surface area contributed by atoms with E-state index in [1.54, 1.807) is 6.07 Å². The van der Waals surface area contributed by atoms with Crippen molar-refractivity contribution in [2.24, 2.45) is 0 Å². The molecule has 20 heavy (non-hydrogen) atoms. The van der Waals surface area contributed by atoms with Crippen LogP contribution >= 0.6 is 0 Å². The zero-order chi connectivity index (χ0) is 15.3. The topological polar surface area (TPSA) is 0 Å². The Morgan fingerprint density at radius 3 is 1.90 bits per heavy atom. The van der Waals surface area contributed by atoms with E-state index in [1.165, 1.54) is 12.1 Å². The molecule has 2 aromatic rings. The van der Waals surface area contributed by atoms with E-state index in [0.717, 1.165) is 11.1 Å². The molecule has 0 radical (unpaired) electrons. The molecule has 0 fully saturated rings. The highest BCUT2D eigenvalue weighted by Crippen LogP contribution is 2.40. The second-order valence-electron chi connectivity index (χ2n) is 7.44. The summed E-state index contributed by atoms with van der Waals surface area (Å²) in [5.74, 6) is -0.970. The second kappa shape index (κ2) is 4.54. The van der Waals surface area contributed by atoms with E-state index >= 15 is 0 Å². The fourth-order valence-corrected chi connectivity index (χ4v) is 2.79. The summed E-state index contributed by atoms with van der Waals surface area (Å²) in [4.78, 5) is 0. The predicted octanol–water partition coefficient (Wildman–Crippen LogP) is 5.71. The largest absolute Gasteiger partial charge is 0.206 e. The molecule has 0 aliphatic heterocycles. The van der Waals surface area contributed by atoms with E-state index in [9.17, 15) is 8.78 Å². The molecule has 0 atom stereocenters. The minimum atomic E-state index is -0.494. The Kier molecular flexibility index (Phi) is 3.40. The Labute approximate surface area is 119 Å². The number of hydrogen-bond donors (Lipinski definition) is 0. The quantitative estimate of drug-likeness (QED) is 0.578. The Hall–Kier alpha value is -1.44. The first-order valence-corrected chi connectivity index (χ1v) is 6.95. The average Bonchev–Trinajstić information content (AvgIpc) is 2.25. The van der Waals surface area contributed by atoms with Gasteiger partial charge in [0.25, 0.3) is 0 Å². The maximum atomic E-state index is 14.4. The molecule has 2 aromatic carbocycles. The minimum Gasteiger partial charge on any atom is -0.206 e. The number of hydrogen-bond acceptors (Lipinski definition) is 0. The molecule has 0 aliphatic rings. The first-order valence-electron chi connectivity index (χ1n) is 6.95. The van der Waals surface area contributed by atoms with Crippen LogP contribution < -0.4 is 0 Å². The summed E-state index contributed by atoms with van der Waals surface area (Å²) in [7, 11) is 0. The van der Waals surface area contributed by atoms with Crippen LogP contribution in [0.4, 0.5) is 8.78 Å². The van der Waals surface area contributed by atoms with E-state index in [4.69, 9.17) is 0 Å². The zero-order valence-corrected chi connectivity index (χ0v) is 13.1. The third kappa shape index (κ3) is 2.44. The molecule has 2 heteroatoms. The van der Waals surface area contributed by atoms with Crippen molar-refractivity contribution in [3.8, 4) is 0 Å². The molecule has 2 rings (SSSR count). The lowest BCUT2D eigenvalue weighted by molar-refractivity contribution is 0.526. The van der Waals surface area contributed by atoms with Crippen molar-refractivity contribution >= 4 is 10.8 Å². The smallest absolute Gasteiger partial charge is 0.134 e. The van der Waals surface area contributed by atoms with Crippen LogP contribution in [0.15, 0.2) is 24.3 Å². The van der Waals surface area contributed by atoms with E-state index in [-0.39, 0.29) is 16.2 Å². The van der Waals surface area contributed by atoms with Crippen LogP contribution in [0.5, 0.6) is 0 Å². The van der Waals surface area contributed by atoms with Crippen molar-refractivity contribution in [1.82, 2.24) is 0 Å². The molecule has 0 bridgehead atoms. The lowest BCUT2D eigenvalue weighted by Crippen LogP contribution is -2.23. The SMILES string of the molecule is CC(C)(C)c1cc(F)c2c(F)cccc2c1C(C)(C)C. The summed E-state index contributed by atoms with van der Waals surface area (Å²) >= 11 is 0. The lowest BCUT2D eigenvalue weighted by Gasteiger charge is -2.31. The summed E-state index contributed by atoms with van der Waals surface area (Å²) in [5, 5.41) is 0.785. The van der Waals surface area contributed by atoms with Crippen LogP contribution in [0, 0.1) is 11.6 Å². The van der Waals surface area contributed by atoms with Gasteiger partial charge in [0.05, 0.1) is 5.39 Å². The van der Waals surface area contributed by atoms with Crippen LogP contribution in [0.2, 0.25) is 0 Å². The first-order chi connectivity index (χ1) is 9.03. The molecule has 0 aliphatic carbocycles. The van der Waals surface area contributed by atoms with Crippen LogP contribution in [-0.2, 0) is 10.8 Å². The molecule has 0 N–H and O–H groups in total. The summed E-state index contributed by atoms with van der Waals surface area (Å²) in [6.45, 7) is 12.4. The van der Waals surface area contributed by atoms with Gasteiger partial charge in [0.1, 0.15) is 11.6 Å². The molecule has 0 nitrogen and oxygen atoms in total. The number of rotatable bonds is 0. The molecule has 0 saturated carbocycles. The Balaban J connectivity index is 3.04. The average molecular weight is 276 g/mol. The molecular formula is C18H22F2. The Morgan fingerprint density at radius 1 is 0.800 bits per heavy atom. The van der Waals surface area contributed by atoms with Crippen molar-refractivity contribution < 1.29 is 8.78 Å². The van der Waals surface area contributed by atoms with Gasteiger partial charge in [-0.25, -0.2) is 8.78 Å². The van der Waals surface area contributed by atoms with Gasteiger partial charge in [-0.15, -0.1) is 0 Å². The monoisotopic (exact) mass is 276 g/mol. The molecule has 108 valence electrons. The van der Waals surface area contributed by atoms with Crippen molar-refractivity contribution in [3.63, 3.8) is 0 Å².